The van der Waals surface area contributed by atoms with Crippen LogP contribution in [0, 0.1) is 6.92 Å². The van der Waals surface area contributed by atoms with E-state index in [2.05, 4.69) is 0 Å². The van der Waals surface area contributed by atoms with E-state index in [0.717, 1.165) is 17.4 Å². The van der Waals surface area contributed by atoms with Crippen LogP contribution >= 0.6 is 0 Å². The van der Waals surface area contributed by atoms with Gasteiger partial charge in [-0.15, -0.1) is 0 Å². The first kappa shape index (κ1) is 16.8. The van der Waals surface area contributed by atoms with Gasteiger partial charge in [-0.1, -0.05) is 25.1 Å². The lowest BCUT2D eigenvalue weighted by molar-refractivity contribution is 0.0473. The molecule has 0 atom stereocenters. The molecule has 1 N–H and O–H groups in total. The predicted octanol–water partition coefficient (Wildman–Crippen LogP) is 3.73. The smallest absolute Gasteiger partial charge is 0.338 e. The van der Waals surface area contributed by atoms with Crippen molar-refractivity contribution in [1.29, 1.82) is 0 Å². The molecular formula is C20H18O5. The molecule has 0 aliphatic rings. The zero-order chi connectivity index (χ0) is 18.0. The lowest BCUT2D eigenvalue weighted by Gasteiger charge is -2.09. The minimum Gasteiger partial charge on any atom is -0.508 e. The molecule has 0 amide bonds. The summed E-state index contributed by atoms with van der Waals surface area (Å²) in [6.07, 6.45) is 0.829. The van der Waals surface area contributed by atoms with E-state index in [9.17, 15) is 14.7 Å². The van der Waals surface area contributed by atoms with Crippen molar-refractivity contribution < 1.29 is 19.1 Å². The van der Waals surface area contributed by atoms with Crippen LogP contribution in [0.25, 0.3) is 11.0 Å². The molecule has 0 radical (unpaired) electrons. The first-order chi connectivity index (χ1) is 12.0. The SMILES string of the molecule is CCc1ccc2c(COC(=O)c3ccc(C)c(O)c3)cc(=O)oc2c1. The number of rotatable bonds is 4. The summed E-state index contributed by atoms with van der Waals surface area (Å²) in [5.41, 5.74) is 2.56. The first-order valence-corrected chi connectivity index (χ1v) is 8.00. The van der Waals surface area contributed by atoms with Crippen molar-refractivity contribution in [3.8, 4) is 5.75 Å². The molecule has 0 saturated carbocycles. The summed E-state index contributed by atoms with van der Waals surface area (Å²) in [6, 6.07) is 11.5. The van der Waals surface area contributed by atoms with Gasteiger partial charge in [0.2, 0.25) is 0 Å². The molecule has 2 aromatic carbocycles. The highest BCUT2D eigenvalue weighted by atomic mass is 16.5. The van der Waals surface area contributed by atoms with Crippen molar-refractivity contribution >= 4 is 16.9 Å². The fourth-order valence-corrected chi connectivity index (χ4v) is 2.58. The van der Waals surface area contributed by atoms with Gasteiger partial charge >= 0.3 is 11.6 Å². The first-order valence-electron chi connectivity index (χ1n) is 8.00. The maximum atomic E-state index is 12.2. The lowest BCUT2D eigenvalue weighted by atomic mass is 10.1. The molecule has 3 aromatic rings. The number of carbonyl (C=O) groups excluding carboxylic acids is 1. The van der Waals surface area contributed by atoms with Gasteiger partial charge in [0, 0.05) is 17.0 Å². The number of aryl methyl sites for hydroxylation is 2. The lowest BCUT2D eigenvalue weighted by Crippen LogP contribution is -2.08. The van der Waals surface area contributed by atoms with Gasteiger partial charge in [0.05, 0.1) is 5.56 Å². The van der Waals surface area contributed by atoms with Crippen molar-refractivity contribution in [2.75, 3.05) is 0 Å². The second-order valence-electron chi connectivity index (χ2n) is 5.85. The molecule has 5 nitrogen and oxygen atoms in total. The van der Waals surface area contributed by atoms with Crippen LogP contribution in [0.3, 0.4) is 0 Å². The summed E-state index contributed by atoms with van der Waals surface area (Å²) in [6.45, 7) is 3.70. The number of aromatic hydroxyl groups is 1. The second kappa shape index (κ2) is 6.81. The highest BCUT2D eigenvalue weighted by molar-refractivity contribution is 5.90. The number of fused-ring (bicyclic) bond motifs is 1. The van der Waals surface area contributed by atoms with E-state index < -0.39 is 11.6 Å². The number of ether oxygens (including phenoxy) is 1. The highest BCUT2D eigenvalue weighted by Gasteiger charge is 2.12. The van der Waals surface area contributed by atoms with Crippen LogP contribution in [-0.2, 0) is 17.8 Å². The van der Waals surface area contributed by atoms with E-state index in [1.165, 1.54) is 12.1 Å². The van der Waals surface area contributed by atoms with Gasteiger partial charge in [-0.05, 0) is 42.7 Å². The molecule has 5 heteroatoms. The molecule has 25 heavy (non-hydrogen) atoms. The molecule has 0 unspecified atom stereocenters. The van der Waals surface area contributed by atoms with E-state index in [4.69, 9.17) is 9.15 Å². The van der Waals surface area contributed by atoms with Gasteiger partial charge in [0.25, 0.3) is 0 Å². The number of phenolic OH excluding ortho intramolecular Hbond substituents is 1. The standard InChI is InChI=1S/C20H18O5/c1-3-13-5-7-16-15(10-19(22)25-18(16)8-13)11-24-20(23)14-6-4-12(2)17(21)9-14/h4-10,21H,3,11H2,1-2H3. The maximum absolute atomic E-state index is 12.2. The van der Waals surface area contributed by atoms with Gasteiger partial charge in [-0.25, -0.2) is 9.59 Å². The molecule has 1 aromatic heterocycles. The monoisotopic (exact) mass is 338 g/mol. The molecule has 128 valence electrons. The topological polar surface area (TPSA) is 76.7 Å². The molecule has 0 saturated heterocycles. The normalized spacial score (nSPS) is 10.8. The Bertz CT molecular complexity index is 1000. The van der Waals surface area contributed by atoms with Crippen molar-refractivity contribution in [2.24, 2.45) is 0 Å². The summed E-state index contributed by atoms with van der Waals surface area (Å²) in [5.74, 6) is -0.533. The summed E-state index contributed by atoms with van der Waals surface area (Å²) in [4.78, 5) is 23.9. The van der Waals surface area contributed by atoms with Crippen molar-refractivity contribution in [3.63, 3.8) is 0 Å². The average molecular weight is 338 g/mol. The van der Waals surface area contributed by atoms with Gasteiger partial charge in [0.1, 0.15) is 17.9 Å². The van der Waals surface area contributed by atoms with Crippen LogP contribution in [0.15, 0.2) is 51.7 Å². The predicted molar refractivity (Wildman–Crippen MR) is 93.8 cm³/mol. The highest BCUT2D eigenvalue weighted by Crippen LogP contribution is 2.21. The largest absolute Gasteiger partial charge is 0.508 e. The Labute approximate surface area is 144 Å². The van der Waals surface area contributed by atoms with E-state index in [-0.39, 0.29) is 17.9 Å². The summed E-state index contributed by atoms with van der Waals surface area (Å²) >= 11 is 0. The summed E-state index contributed by atoms with van der Waals surface area (Å²) < 4.78 is 10.5. The van der Waals surface area contributed by atoms with Gasteiger partial charge < -0.3 is 14.3 Å². The van der Waals surface area contributed by atoms with Crippen LogP contribution in [0.5, 0.6) is 5.75 Å². The Morgan fingerprint density at radius 2 is 1.96 bits per heavy atom. The third-order valence-electron chi connectivity index (χ3n) is 4.11. The van der Waals surface area contributed by atoms with Crippen molar-refractivity contribution in [1.82, 2.24) is 0 Å². The number of esters is 1. The number of phenols is 1. The quantitative estimate of drug-likeness (QED) is 0.579. The minimum absolute atomic E-state index is 0.0346. The second-order valence-corrected chi connectivity index (χ2v) is 5.85. The van der Waals surface area contributed by atoms with Crippen LogP contribution in [0.1, 0.15) is 34.0 Å². The molecule has 0 bridgehead atoms. The number of hydrogen-bond donors (Lipinski definition) is 1. The summed E-state index contributed by atoms with van der Waals surface area (Å²) in [7, 11) is 0. The van der Waals surface area contributed by atoms with Crippen LogP contribution in [-0.4, -0.2) is 11.1 Å². The Morgan fingerprint density at radius 3 is 2.68 bits per heavy atom. The molecule has 3 rings (SSSR count). The molecule has 0 aliphatic heterocycles. The minimum atomic E-state index is -0.568. The Kier molecular flexibility index (Phi) is 4.57. The Hall–Kier alpha value is -3.08. The van der Waals surface area contributed by atoms with Gasteiger partial charge in [0.15, 0.2) is 0 Å². The average Bonchev–Trinajstić information content (AvgIpc) is 2.60. The third-order valence-corrected chi connectivity index (χ3v) is 4.11. The zero-order valence-electron chi connectivity index (χ0n) is 14.0. The fraction of sp³-hybridized carbons (Fsp3) is 0.200. The molecule has 1 heterocycles. The van der Waals surface area contributed by atoms with E-state index in [0.29, 0.717) is 16.7 Å². The molecule has 0 spiro atoms. The summed E-state index contributed by atoms with van der Waals surface area (Å²) in [5, 5.41) is 10.4. The van der Waals surface area contributed by atoms with Gasteiger partial charge in [-0.3, -0.25) is 0 Å². The Morgan fingerprint density at radius 1 is 1.16 bits per heavy atom. The van der Waals surface area contributed by atoms with Crippen LogP contribution in [0.2, 0.25) is 0 Å². The number of carbonyl (C=O) groups is 1. The fourth-order valence-electron chi connectivity index (χ4n) is 2.58. The molecule has 0 aliphatic carbocycles. The van der Waals surface area contributed by atoms with E-state index >= 15 is 0 Å². The number of benzene rings is 2. The van der Waals surface area contributed by atoms with E-state index in [1.807, 2.05) is 25.1 Å². The van der Waals surface area contributed by atoms with Crippen LogP contribution in [0.4, 0.5) is 0 Å². The third kappa shape index (κ3) is 3.55. The number of hydrogen-bond acceptors (Lipinski definition) is 5. The van der Waals surface area contributed by atoms with Crippen LogP contribution < -0.4 is 5.63 Å². The molecule has 0 fully saturated rings. The van der Waals surface area contributed by atoms with Crippen molar-refractivity contribution in [2.45, 2.75) is 26.9 Å². The van der Waals surface area contributed by atoms with Gasteiger partial charge in [-0.2, -0.15) is 0 Å². The zero-order valence-corrected chi connectivity index (χ0v) is 14.0. The molecular weight excluding hydrogens is 320 g/mol. The van der Waals surface area contributed by atoms with Crippen molar-refractivity contribution in [3.05, 3.63) is 75.1 Å². The Balaban J connectivity index is 1.86. The maximum Gasteiger partial charge on any atom is 0.338 e. The van der Waals surface area contributed by atoms with E-state index in [1.54, 1.807) is 19.1 Å².